The summed E-state index contributed by atoms with van der Waals surface area (Å²) in [5.74, 6) is -7.14. The first-order valence-corrected chi connectivity index (χ1v) is 33.1. The zero-order valence-corrected chi connectivity index (χ0v) is 57.5. The highest BCUT2D eigenvalue weighted by Crippen LogP contribution is 2.53. The average Bonchev–Trinajstić information content (AvgIpc) is 1.59. The van der Waals surface area contributed by atoms with Crippen LogP contribution in [-0.4, -0.2) is 297 Å². The zero-order valence-electron chi connectivity index (χ0n) is 56.0. The molecule has 32 atom stereocenters. The van der Waals surface area contributed by atoms with Gasteiger partial charge in [-0.3, -0.25) is 9.59 Å². The summed E-state index contributed by atoms with van der Waals surface area (Å²) in [6, 6.07) is 0. The van der Waals surface area contributed by atoms with Gasteiger partial charge in [0.15, 0.2) is 66.4 Å². The lowest BCUT2D eigenvalue weighted by Crippen LogP contribution is -2.72. The van der Waals surface area contributed by atoms with Crippen LogP contribution in [0.1, 0.15) is 97.5 Å². The third-order valence-corrected chi connectivity index (χ3v) is 20.5. The molecule has 10 aliphatic heterocycles. The summed E-state index contributed by atoms with van der Waals surface area (Å²) in [5.41, 5.74) is -3.87. The largest absolute Gasteiger partial charge is 0.505 e. The highest BCUT2D eigenvalue weighted by molar-refractivity contribution is 6.39. The van der Waals surface area contributed by atoms with Gasteiger partial charge in [0, 0.05) is 34.2 Å². The van der Waals surface area contributed by atoms with Gasteiger partial charge in [-0.05, 0) is 66.9 Å². The van der Waals surface area contributed by atoms with Crippen molar-refractivity contribution in [2.75, 3.05) is 48.4 Å². The van der Waals surface area contributed by atoms with E-state index in [1.165, 1.54) is 49.2 Å². The van der Waals surface area contributed by atoms with Gasteiger partial charge in [0.2, 0.25) is 6.29 Å². The van der Waals surface area contributed by atoms with E-state index in [4.69, 9.17) is 132 Å². The number of ketones is 1. The Morgan fingerprint density at radius 2 is 1.34 bits per heavy atom. The number of benzene rings is 1. The molecule has 1 aromatic carbocycles. The number of ether oxygens (including phenoxy) is 23. The van der Waals surface area contributed by atoms with Gasteiger partial charge in [0.1, 0.15) is 102 Å². The number of fused-ring (bicyclic) bond motifs is 4. The summed E-state index contributed by atoms with van der Waals surface area (Å²) in [6.07, 6.45) is -36.9. The summed E-state index contributed by atoms with van der Waals surface area (Å²) in [4.78, 5) is 40.0. The maximum atomic E-state index is 13.6. The molecule has 10 heterocycles. The summed E-state index contributed by atoms with van der Waals surface area (Å²) < 4.78 is 141. The predicted molar refractivity (Wildman–Crippen MR) is 319 cm³/mol. The Morgan fingerprint density at radius 1 is 0.660 bits per heavy atom. The molecule has 33 nitrogen and oxygen atoms in total. The number of Topliss-reactive ketones (excluding diaryl/α,β-unsaturated/α-hetero) is 1. The molecule has 10 saturated heterocycles. The van der Waals surface area contributed by atoms with Gasteiger partial charge in [-0.15, -0.1) is 0 Å². The molecule has 1 aromatic rings. The average molecular weight is 1430 g/mol. The van der Waals surface area contributed by atoms with Crippen molar-refractivity contribution in [2.45, 2.75) is 283 Å². The molecule has 32 unspecified atom stereocenters. The fourth-order valence-electron chi connectivity index (χ4n) is 14.8. The van der Waals surface area contributed by atoms with Crippen LogP contribution in [0.25, 0.3) is 0 Å². The summed E-state index contributed by atoms with van der Waals surface area (Å²) in [7, 11) is 5.25. The number of carbonyl (C=O) groups is 3. The molecule has 35 heteroatoms. The van der Waals surface area contributed by atoms with E-state index in [-0.39, 0.29) is 72.1 Å². The highest BCUT2D eigenvalue weighted by Gasteiger charge is 2.73. The molecule has 0 aromatic heterocycles. The topological polar surface area (TPSA) is 405 Å². The van der Waals surface area contributed by atoms with Gasteiger partial charge in [-0.1, -0.05) is 37.0 Å². The standard InChI is InChI=1S/C62H90Cl2O33/c1-21(2)15-33(68)86-49-45-32(94-62(95-45)53-52(80-20-81-53)61(74,27(8)65)28(9)93-62)19-79-56(49)91-57-48(78-14)39(70)44(31(85-57)18-75-11)89-55-40(71)47(43(76-12)24(5)83-55)90-58-50(72)59(10)51(26(7)84-58)96-60(97-59)17-30(67)42(25(6)92-60)87-34-16-29(66)41(23(4)82-34)88-54(73)35-22(3)36(63)38(69)37(64)46(35)77-13/h21,23-26,28-32,34,39-45,47-53,55-58,66-67,69-72,74H,15-20H2,1-14H3. The molecule has 0 amide bonds. The van der Waals surface area contributed by atoms with Crippen molar-refractivity contribution in [3.05, 3.63) is 21.2 Å². The maximum Gasteiger partial charge on any atom is 0.342 e. The van der Waals surface area contributed by atoms with Gasteiger partial charge in [0.05, 0.1) is 74.5 Å². The minimum absolute atomic E-state index is 0.0275. The van der Waals surface area contributed by atoms with E-state index in [1.807, 2.05) is 13.8 Å². The van der Waals surface area contributed by atoms with Gasteiger partial charge in [-0.25, -0.2) is 4.79 Å². The van der Waals surface area contributed by atoms with Crippen LogP contribution >= 0.6 is 23.2 Å². The Hall–Kier alpha value is -3.03. The Kier molecular flexibility index (Phi) is 22.7. The first-order valence-electron chi connectivity index (χ1n) is 32.3. The van der Waals surface area contributed by atoms with Crippen LogP contribution in [0.4, 0.5) is 0 Å². The van der Waals surface area contributed by atoms with Gasteiger partial charge < -0.3 is 145 Å². The molecule has 0 bridgehead atoms. The van der Waals surface area contributed by atoms with Crippen LogP contribution in [0, 0.1) is 12.8 Å². The zero-order chi connectivity index (χ0) is 70.4. The lowest BCUT2D eigenvalue weighted by Gasteiger charge is -2.50. The summed E-state index contributed by atoms with van der Waals surface area (Å²) in [5, 5.41) is 81.5. The number of methoxy groups -OCH3 is 4. The number of halogens is 2. The molecule has 550 valence electrons. The van der Waals surface area contributed by atoms with Crippen molar-refractivity contribution < 1.29 is 159 Å². The number of carbonyl (C=O) groups excluding carboxylic acids is 3. The van der Waals surface area contributed by atoms with Crippen molar-refractivity contribution >= 4 is 40.9 Å². The minimum Gasteiger partial charge on any atom is -0.505 e. The predicted octanol–water partition coefficient (Wildman–Crippen LogP) is 0.413. The van der Waals surface area contributed by atoms with Gasteiger partial charge in [0.25, 0.3) is 5.97 Å². The van der Waals surface area contributed by atoms with Crippen molar-refractivity contribution in [1.82, 2.24) is 0 Å². The van der Waals surface area contributed by atoms with E-state index in [2.05, 4.69) is 0 Å². The van der Waals surface area contributed by atoms with Crippen molar-refractivity contribution in [1.29, 1.82) is 0 Å². The first kappa shape index (κ1) is 75.1. The summed E-state index contributed by atoms with van der Waals surface area (Å²) >= 11 is 12.5. The van der Waals surface area contributed by atoms with Crippen molar-refractivity contribution in [3.63, 3.8) is 0 Å². The number of phenolic OH excluding ortho intramolecular Hbond substituents is 1. The fraction of sp³-hybridized carbons (Fsp3) is 0.855. The Bertz CT molecular complexity index is 2950. The molecular formula is C62H90Cl2O33. The third-order valence-electron chi connectivity index (χ3n) is 19.7. The lowest BCUT2D eigenvalue weighted by atomic mass is 9.81. The molecule has 10 fully saturated rings. The maximum absolute atomic E-state index is 13.6. The van der Waals surface area contributed by atoms with Crippen LogP contribution in [0.5, 0.6) is 11.5 Å². The molecule has 0 radical (unpaired) electrons. The number of phenols is 1. The Labute approximate surface area is 568 Å². The highest BCUT2D eigenvalue weighted by atomic mass is 35.5. The normalized spacial score (nSPS) is 47.4. The summed E-state index contributed by atoms with van der Waals surface area (Å²) in [6.45, 7) is 14.9. The molecule has 10 aliphatic rings. The van der Waals surface area contributed by atoms with E-state index in [1.54, 1.807) is 34.6 Å². The molecule has 0 aliphatic carbocycles. The number of rotatable bonds is 19. The number of aliphatic hydroxyl groups excluding tert-OH is 5. The van der Waals surface area contributed by atoms with Gasteiger partial charge >= 0.3 is 17.9 Å². The van der Waals surface area contributed by atoms with Crippen molar-refractivity contribution in [2.24, 2.45) is 5.92 Å². The number of hydrogen-bond acceptors (Lipinski definition) is 33. The number of esters is 2. The quantitative estimate of drug-likeness (QED) is 0.0923. The van der Waals surface area contributed by atoms with Crippen LogP contribution in [-0.2, 0) is 114 Å². The van der Waals surface area contributed by atoms with Crippen LogP contribution in [0.2, 0.25) is 10.0 Å². The van der Waals surface area contributed by atoms with E-state index >= 15 is 0 Å². The van der Waals surface area contributed by atoms with E-state index in [9.17, 15) is 50.1 Å². The molecule has 97 heavy (non-hydrogen) atoms. The van der Waals surface area contributed by atoms with E-state index in [0.29, 0.717) is 0 Å². The molecular weight excluding hydrogens is 1340 g/mol. The SMILES string of the molecule is COCC1OC(OC2OCC3OC4(OC3C2OC(=O)CC(C)C)OC(C)C(O)(C(C)=O)C2OCOC24)C(OC)C(O)C1OC1OC(C)C(OC)C(OC2OC(C)C3OC4(CC(O)C(OC5CC(O)C(OC(=O)c6c(C)c(Cl)c(O)c(Cl)c6OC)C(C)O5)C(C)O4)OC3(C)C2O)C1O. The number of aromatic hydroxyl groups is 1. The monoisotopic (exact) mass is 1430 g/mol. The first-order chi connectivity index (χ1) is 45.8. The Balaban J connectivity index is 0.734. The minimum atomic E-state index is -2.14. The van der Waals surface area contributed by atoms with E-state index < -0.39 is 218 Å². The molecule has 11 rings (SSSR count). The van der Waals surface area contributed by atoms with Crippen molar-refractivity contribution in [3.8, 4) is 11.5 Å². The fourth-order valence-corrected chi connectivity index (χ4v) is 15.3. The smallest absolute Gasteiger partial charge is 0.342 e. The number of aliphatic hydroxyl groups is 6. The molecule has 7 N–H and O–H groups in total. The van der Waals surface area contributed by atoms with Gasteiger partial charge in [-0.2, -0.15) is 0 Å². The second kappa shape index (κ2) is 29.2. The molecule has 2 spiro atoms. The molecule has 0 saturated carbocycles. The Morgan fingerprint density at radius 3 is 1.99 bits per heavy atom. The number of hydrogen-bond donors (Lipinski definition) is 7. The third kappa shape index (κ3) is 13.7. The second-order valence-corrected chi connectivity index (χ2v) is 27.5. The van der Waals surface area contributed by atoms with Crippen LogP contribution in [0.3, 0.4) is 0 Å². The van der Waals surface area contributed by atoms with Crippen LogP contribution < -0.4 is 4.74 Å². The lowest BCUT2D eigenvalue weighted by molar-refractivity contribution is -0.428. The van der Waals surface area contributed by atoms with E-state index in [0.717, 1.165) is 0 Å². The van der Waals surface area contributed by atoms with Crippen LogP contribution in [0.15, 0.2) is 0 Å². The second-order valence-electron chi connectivity index (χ2n) is 26.8.